The van der Waals surface area contributed by atoms with E-state index in [1.54, 1.807) is 42.9 Å². The van der Waals surface area contributed by atoms with Crippen molar-refractivity contribution in [1.29, 1.82) is 0 Å². The van der Waals surface area contributed by atoms with Gasteiger partial charge in [-0.1, -0.05) is 91.7 Å². The van der Waals surface area contributed by atoms with Gasteiger partial charge < -0.3 is 34.4 Å². The molecule has 5 unspecified atom stereocenters. The Hall–Kier alpha value is -2.28. The molecular formula is C35H44N4O8S4. The molecule has 2 aromatic rings. The van der Waals surface area contributed by atoms with Crippen LogP contribution in [-0.2, 0) is 54.7 Å². The number of hydrogen-bond donors (Lipinski definition) is 2. The van der Waals surface area contributed by atoms with Crippen molar-refractivity contribution in [3.05, 3.63) is 70.8 Å². The number of nitrogens with zero attached hydrogens (tertiary/aromatic N) is 4. The number of fused-ring (bicyclic) bond motifs is 9. The number of rotatable bonds is 13. The first-order valence-corrected chi connectivity index (χ1v) is 21.1. The Morgan fingerprint density at radius 2 is 1.29 bits per heavy atom. The molecule has 6 aliphatic rings. The lowest BCUT2D eigenvalue weighted by atomic mass is 9.95. The molecule has 6 aliphatic heterocycles. The van der Waals surface area contributed by atoms with E-state index in [0.717, 1.165) is 22.3 Å². The molecule has 0 aromatic heterocycles. The minimum atomic E-state index is -1.16. The van der Waals surface area contributed by atoms with Crippen LogP contribution < -0.4 is 0 Å². The summed E-state index contributed by atoms with van der Waals surface area (Å²) in [5.41, 5.74) is 3.91. The summed E-state index contributed by atoms with van der Waals surface area (Å²) in [6.07, 6.45) is 1.10. The minimum Gasteiger partial charge on any atom is -0.395 e. The topological polar surface area (TPSA) is 140 Å². The lowest BCUT2D eigenvalue weighted by molar-refractivity contribution is -0.146. The summed E-state index contributed by atoms with van der Waals surface area (Å²) in [4.78, 5) is 56.4. The number of aliphatic hydroxyl groups is 2. The van der Waals surface area contributed by atoms with Crippen molar-refractivity contribution in [3.63, 3.8) is 0 Å². The van der Waals surface area contributed by atoms with Crippen LogP contribution in [0.25, 0.3) is 0 Å². The zero-order chi connectivity index (χ0) is 36.6. The summed E-state index contributed by atoms with van der Waals surface area (Å²) in [5.74, 6) is -1.14. The van der Waals surface area contributed by atoms with E-state index in [1.165, 1.54) is 48.1 Å². The van der Waals surface area contributed by atoms with Crippen LogP contribution in [0.3, 0.4) is 0 Å². The highest BCUT2D eigenvalue weighted by Gasteiger charge is 2.60. The first-order chi connectivity index (χ1) is 24.4. The Morgan fingerprint density at radius 3 is 1.86 bits per heavy atom. The van der Waals surface area contributed by atoms with Crippen molar-refractivity contribution in [2.75, 3.05) is 61.2 Å². The second-order valence-corrected chi connectivity index (χ2v) is 18.9. The molecule has 6 saturated heterocycles. The molecular weight excluding hydrogens is 733 g/mol. The second-order valence-electron chi connectivity index (χ2n) is 13.5. The summed E-state index contributed by atoms with van der Waals surface area (Å²) < 4.78 is 11.7. The number of Topliss-reactive ketones (excluding diaryl/α,β-unsaturated/α-hetero) is 1. The number of carbonyl (C=O) groups excluding carboxylic acids is 4. The van der Waals surface area contributed by atoms with Gasteiger partial charge in [0.2, 0.25) is 5.91 Å². The maximum absolute atomic E-state index is 13.5. The van der Waals surface area contributed by atoms with Gasteiger partial charge in [0.1, 0.15) is 16.0 Å². The predicted octanol–water partition coefficient (Wildman–Crippen LogP) is 2.60. The highest BCUT2D eigenvalue weighted by Crippen LogP contribution is 2.56. The first kappa shape index (κ1) is 38.4. The number of benzene rings is 2. The van der Waals surface area contributed by atoms with E-state index in [4.69, 9.17) is 9.47 Å². The normalized spacial score (nSPS) is 29.9. The molecule has 2 N–H and O–H groups in total. The van der Waals surface area contributed by atoms with Crippen LogP contribution in [0.1, 0.15) is 28.7 Å². The van der Waals surface area contributed by atoms with Gasteiger partial charge >= 0.3 is 0 Å². The van der Waals surface area contributed by atoms with Crippen molar-refractivity contribution >= 4 is 66.7 Å². The molecule has 0 aliphatic carbocycles. The Morgan fingerprint density at radius 1 is 0.725 bits per heavy atom. The third-order valence-corrected chi connectivity index (χ3v) is 17.6. The monoisotopic (exact) mass is 776 g/mol. The molecule has 16 heteroatoms. The molecule has 6 heterocycles. The molecule has 2 aromatic carbocycles. The quantitative estimate of drug-likeness (QED) is 0.228. The number of carbonyl (C=O) groups is 4. The second kappa shape index (κ2) is 15.6. The number of amides is 3. The van der Waals surface area contributed by atoms with Gasteiger partial charge in [0.05, 0.1) is 52.1 Å². The molecule has 5 atom stereocenters. The van der Waals surface area contributed by atoms with Crippen molar-refractivity contribution in [1.82, 2.24) is 19.6 Å². The summed E-state index contributed by atoms with van der Waals surface area (Å²) in [5, 5.41) is 19.6. The first-order valence-electron chi connectivity index (χ1n) is 16.7. The fourth-order valence-electron chi connectivity index (χ4n) is 6.94. The average Bonchev–Trinajstić information content (AvgIpc) is 3.25. The van der Waals surface area contributed by atoms with Gasteiger partial charge in [-0.25, -0.2) is 0 Å². The number of ketones is 1. The van der Waals surface area contributed by atoms with Crippen molar-refractivity contribution < 1.29 is 38.9 Å². The van der Waals surface area contributed by atoms with E-state index in [1.807, 2.05) is 48.5 Å². The van der Waals surface area contributed by atoms with Crippen molar-refractivity contribution in [2.45, 2.75) is 52.5 Å². The van der Waals surface area contributed by atoms with Crippen LogP contribution in [0.4, 0.5) is 0 Å². The maximum atomic E-state index is 13.5. The molecule has 0 radical (unpaired) electrons. The van der Waals surface area contributed by atoms with Crippen LogP contribution in [0.15, 0.2) is 48.5 Å². The molecule has 6 fully saturated rings. The fraction of sp³-hybridized carbons (Fsp3) is 0.543. The predicted molar refractivity (Wildman–Crippen MR) is 200 cm³/mol. The number of likely N-dealkylation sites (N-methyl/N-ethyl adjacent to an activating group) is 4. The van der Waals surface area contributed by atoms with Crippen LogP contribution >= 0.6 is 43.2 Å². The van der Waals surface area contributed by atoms with Gasteiger partial charge in [-0.05, 0) is 29.3 Å². The summed E-state index contributed by atoms with van der Waals surface area (Å²) in [6.45, 7) is 1.10. The van der Waals surface area contributed by atoms with Gasteiger partial charge in [0, 0.05) is 40.4 Å². The molecule has 3 amide bonds. The summed E-state index contributed by atoms with van der Waals surface area (Å²) >= 11 is 0. The zero-order valence-electron chi connectivity index (χ0n) is 29.1. The standard InChI is InChI=1S/C35H44N4O8S4/c1-36-18-27(42)17-33(39(4)32(45)35(36,22-41)51-49-33)15-23-5-9-25(10-6-23)20-46-13-14-47-21-26-11-7-24(8-12-26)16-34-31(44)37(2)30(48-50-34)28(19-40)29(43)38(34)3/h5-12,28,30,40-41H,13-22H2,1-4H3. The molecule has 276 valence electrons. The maximum Gasteiger partial charge on any atom is 0.260 e. The zero-order valence-corrected chi connectivity index (χ0v) is 32.4. The van der Waals surface area contributed by atoms with E-state index in [0.29, 0.717) is 39.3 Å². The molecule has 0 spiro atoms. The largest absolute Gasteiger partial charge is 0.395 e. The van der Waals surface area contributed by atoms with Crippen LogP contribution in [0, 0.1) is 5.92 Å². The Kier molecular flexibility index (Phi) is 11.8. The number of hydrogen-bond acceptors (Lipinski definition) is 13. The van der Waals surface area contributed by atoms with Gasteiger partial charge in [-0.3, -0.25) is 24.1 Å². The molecule has 4 bridgehead atoms. The van der Waals surface area contributed by atoms with Crippen LogP contribution in [0.2, 0.25) is 0 Å². The SMILES string of the molecule is CN1C(=O)C2(Cc3ccc(COCCOCc4ccc(CC56CC(=O)CN(C)C(CO)(SS5)C(=O)N6C)cc4)cc3)SSC1C(CO)C(=O)N2C. The summed E-state index contributed by atoms with van der Waals surface area (Å²) in [6, 6.07) is 15.9. The van der Waals surface area contributed by atoms with Gasteiger partial charge in [0.25, 0.3) is 11.8 Å². The van der Waals surface area contributed by atoms with Crippen LogP contribution in [-0.4, -0.2) is 134 Å². The van der Waals surface area contributed by atoms with E-state index in [-0.39, 0.29) is 49.7 Å². The number of ether oxygens (including phenoxy) is 2. The van der Waals surface area contributed by atoms with E-state index in [2.05, 4.69) is 0 Å². The smallest absolute Gasteiger partial charge is 0.260 e. The lowest BCUT2D eigenvalue weighted by Crippen LogP contribution is -2.68. The lowest BCUT2D eigenvalue weighted by Gasteiger charge is -2.54. The Labute approximate surface area is 314 Å². The average molecular weight is 777 g/mol. The van der Waals surface area contributed by atoms with Gasteiger partial charge in [0.15, 0.2) is 9.74 Å². The van der Waals surface area contributed by atoms with Crippen LogP contribution in [0.5, 0.6) is 0 Å². The van der Waals surface area contributed by atoms with E-state index in [9.17, 15) is 29.4 Å². The highest BCUT2D eigenvalue weighted by molar-refractivity contribution is 8.78. The van der Waals surface area contributed by atoms with Gasteiger partial charge in [-0.2, -0.15) is 0 Å². The van der Waals surface area contributed by atoms with Crippen molar-refractivity contribution in [3.8, 4) is 0 Å². The molecule has 0 saturated carbocycles. The highest BCUT2D eigenvalue weighted by atomic mass is 33.1. The molecule has 12 nitrogen and oxygen atoms in total. The van der Waals surface area contributed by atoms with Crippen molar-refractivity contribution in [2.24, 2.45) is 5.92 Å². The Bertz CT molecular complexity index is 1640. The summed E-state index contributed by atoms with van der Waals surface area (Å²) in [7, 11) is 12.5. The Balaban J connectivity index is 0.954. The molecule has 51 heavy (non-hydrogen) atoms. The number of aliphatic hydroxyl groups excluding tert-OH is 2. The fourth-order valence-corrected chi connectivity index (χ4v) is 14.4. The third-order valence-electron chi connectivity index (χ3n) is 10.2. The van der Waals surface area contributed by atoms with E-state index >= 15 is 0 Å². The minimum absolute atomic E-state index is 0.0392. The van der Waals surface area contributed by atoms with E-state index < -0.39 is 25.9 Å². The van der Waals surface area contributed by atoms with Gasteiger partial charge in [-0.15, -0.1) is 0 Å². The molecule has 8 rings (SSSR count). The third kappa shape index (κ3) is 7.20.